The highest BCUT2D eigenvalue weighted by Crippen LogP contribution is 1.96. The topological polar surface area (TPSA) is 28.3 Å². The van der Waals surface area contributed by atoms with Crippen molar-refractivity contribution in [2.45, 2.75) is 6.42 Å². The van der Waals surface area contributed by atoms with Crippen molar-refractivity contribution >= 4 is 0 Å². The van der Waals surface area contributed by atoms with E-state index in [-0.39, 0.29) is 0 Å². The van der Waals surface area contributed by atoms with E-state index < -0.39 is 0 Å². The fourth-order valence-corrected chi connectivity index (χ4v) is 1.12. The highest BCUT2D eigenvalue weighted by atomic mass is 16.5. The molecule has 0 atom stereocenters. The van der Waals surface area contributed by atoms with E-state index in [1.807, 2.05) is 19.3 Å². The molecule has 0 unspecified atom stereocenters. The highest BCUT2D eigenvalue weighted by Gasteiger charge is 1.97. The van der Waals surface area contributed by atoms with E-state index in [4.69, 9.17) is 4.74 Å². The number of methoxy groups -OCH3 is 1. The summed E-state index contributed by atoms with van der Waals surface area (Å²) in [5.41, 5.74) is 1.28. The van der Waals surface area contributed by atoms with Crippen molar-refractivity contribution in [1.29, 1.82) is 0 Å². The first kappa shape index (κ1) is 9.29. The zero-order valence-corrected chi connectivity index (χ0v) is 7.71. The van der Waals surface area contributed by atoms with E-state index in [9.17, 15) is 0 Å². The fourth-order valence-electron chi connectivity index (χ4n) is 1.12. The maximum absolute atomic E-state index is 4.99. The molecule has 0 bridgehead atoms. The molecule has 0 radical (unpaired) electrons. The molecule has 0 saturated heterocycles. The Morgan fingerprint density at radius 3 is 3.00 bits per heavy atom. The maximum atomic E-state index is 4.99. The number of H-pyrrole nitrogens is 1. The molecule has 0 aliphatic heterocycles. The highest BCUT2D eigenvalue weighted by molar-refractivity contribution is 5.03. The largest absolute Gasteiger partial charge is 0.369 e. The number of hydrogen-bond acceptors (Lipinski definition) is 2. The third kappa shape index (κ3) is 3.07. The number of hydrogen-bond donors (Lipinski definition) is 1. The van der Waals surface area contributed by atoms with Gasteiger partial charge >= 0.3 is 0 Å². The SMILES string of the molecule is COCN(C)CCc1ccc[nH]1. The number of nitrogens with one attached hydrogen (secondary N) is 1. The van der Waals surface area contributed by atoms with Gasteiger partial charge in [0.2, 0.25) is 0 Å². The lowest BCUT2D eigenvalue weighted by atomic mass is 10.3. The molecule has 1 N–H and O–H groups in total. The molecule has 1 rings (SSSR count). The Kier molecular flexibility index (Phi) is 3.84. The van der Waals surface area contributed by atoms with Crippen LogP contribution in [0.4, 0.5) is 0 Å². The molecular weight excluding hydrogens is 152 g/mol. The van der Waals surface area contributed by atoms with E-state index in [1.165, 1.54) is 5.69 Å². The standard InChI is InChI=1S/C9H16N2O/c1-11(8-12-2)7-5-9-4-3-6-10-9/h3-4,6,10H,5,7-8H2,1-2H3. The molecule has 12 heavy (non-hydrogen) atoms. The summed E-state index contributed by atoms with van der Waals surface area (Å²) >= 11 is 0. The lowest BCUT2D eigenvalue weighted by Crippen LogP contribution is -2.23. The Balaban J connectivity index is 2.17. The third-order valence-corrected chi connectivity index (χ3v) is 1.77. The summed E-state index contributed by atoms with van der Waals surface area (Å²) in [6.07, 6.45) is 3.00. The average molecular weight is 168 g/mol. The van der Waals surface area contributed by atoms with Gasteiger partial charge in [-0.3, -0.25) is 4.90 Å². The number of aromatic amines is 1. The summed E-state index contributed by atoms with van der Waals surface area (Å²) in [4.78, 5) is 5.31. The van der Waals surface area contributed by atoms with Gasteiger partial charge in [-0.1, -0.05) is 0 Å². The lowest BCUT2D eigenvalue weighted by molar-refractivity contribution is 0.0826. The monoisotopic (exact) mass is 168 g/mol. The second-order valence-corrected chi connectivity index (χ2v) is 2.94. The van der Waals surface area contributed by atoms with Gasteiger partial charge in [0.1, 0.15) is 0 Å². The molecule has 68 valence electrons. The van der Waals surface area contributed by atoms with Gasteiger partial charge in [0.25, 0.3) is 0 Å². The van der Waals surface area contributed by atoms with E-state index in [0.717, 1.165) is 13.0 Å². The first-order valence-corrected chi connectivity index (χ1v) is 4.12. The predicted molar refractivity (Wildman–Crippen MR) is 49.0 cm³/mol. The molecule has 1 heterocycles. The lowest BCUT2D eigenvalue weighted by Gasteiger charge is -2.13. The van der Waals surface area contributed by atoms with Crippen molar-refractivity contribution in [3.63, 3.8) is 0 Å². The number of nitrogens with zero attached hydrogens (tertiary/aromatic N) is 1. The summed E-state index contributed by atoms with van der Waals surface area (Å²) < 4.78 is 4.99. The molecule has 3 nitrogen and oxygen atoms in total. The molecule has 1 aromatic rings. The quantitative estimate of drug-likeness (QED) is 0.667. The van der Waals surface area contributed by atoms with Crippen LogP contribution in [0.25, 0.3) is 0 Å². The molecule has 0 aromatic carbocycles. The van der Waals surface area contributed by atoms with E-state index in [0.29, 0.717) is 6.73 Å². The molecule has 0 amide bonds. The molecule has 0 fully saturated rings. The van der Waals surface area contributed by atoms with Gasteiger partial charge in [-0.05, 0) is 19.2 Å². The van der Waals surface area contributed by atoms with Crippen LogP contribution in [0.15, 0.2) is 18.3 Å². The first-order chi connectivity index (χ1) is 5.83. The maximum Gasteiger partial charge on any atom is 0.0984 e. The average Bonchev–Trinajstić information content (AvgIpc) is 2.53. The molecule has 0 aliphatic rings. The van der Waals surface area contributed by atoms with Crippen molar-refractivity contribution in [2.75, 3.05) is 27.4 Å². The molecule has 0 spiro atoms. The van der Waals surface area contributed by atoms with E-state index >= 15 is 0 Å². The zero-order chi connectivity index (χ0) is 8.81. The number of ether oxygens (including phenoxy) is 1. The van der Waals surface area contributed by atoms with Gasteiger partial charge in [-0.2, -0.15) is 0 Å². The molecule has 0 saturated carbocycles. The Bertz CT molecular complexity index is 196. The van der Waals surface area contributed by atoms with Crippen LogP contribution in [-0.4, -0.2) is 37.3 Å². The fraction of sp³-hybridized carbons (Fsp3) is 0.556. The Morgan fingerprint density at radius 2 is 2.42 bits per heavy atom. The summed E-state index contributed by atoms with van der Waals surface area (Å²) in [7, 11) is 3.76. The Morgan fingerprint density at radius 1 is 1.58 bits per heavy atom. The summed E-state index contributed by atoms with van der Waals surface area (Å²) in [5, 5.41) is 0. The van der Waals surface area contributed by atoms with Crippen LogP contribution in [0.1, 0.15) is 5.69 Å². The van der Waals surface area contributed by atoms with Gasteiger partial charge in [0.15, 0.2) is 0 Å². The molecule has 1 aromatic heterocycles. The van der Waals surface area contributed by atoms with Crippen LogP contribution >= 0.6 is 0 Å². The molecule has 3 heteroatoms. The van der Waals surface area contributed by atoms with Crippen LogP contribution in [0.2, 0.25) is 0 Å². The van der Waals surface area contributed by atoms with Crippen molar-refractivity contribution < 1.29 is 4.74 Å². The molecule has 0 aliphatic carbocycles. The minimum atomic E-state index is 0.695. The van der Waals surface area contributed by atoms with Crippen LogP contribution in [0, 0.1) is 0 Å². The third-order valence-electron chi connectivity index (χ3n) is 1.77. The normalized spacial score (nSPS) is 10.9. The first-order valence-electron chi connectivity index (χ1n) is 4.12. The van der Waals surface area contributed by atoms with Crippen LogP contribution < -0.4 is 0 Å². The smallest absolute Gasteiger partial charge is 0.0984 e. The predicted octanol–water partition coefficient (Wildman–Crippen LogP) is 1.09. The van der Waals surface area contributed by atoms with Crippen LogP contribution in [0.3, 0.4) is 0 Å². The second kappa shape index (κ2) is 4.95. The van der Waals surface area contributed by atoms with E-state index in [2.05, 4.69) is 16.0 Å². The van der Waals surface area contributed by atoms with Crippen molar-refractivity contribution in [3.8, 4) is 0 Å². The summed E-state index contributed by atoms with van der Waals surface area (Å²) in [6, 6.07) is 4.12. The number of likely N-dealkylation sites (N-methyl/N-ethyl adjacent to an activating group) is 1. The van der Waals surface area contributed by atoms with Gasteiger partial charge in [0.05, 0.1) is 6.73 Å². The minimum Gasteiger partial charge on any atom is -0.369 e. The van der Waals surface area contributed by atoms with E-state index in [1.54, 1.807) is 7.11 Å². The second-order valence-electron chi connectivity index (χ2n) is 2.94. The van der Waals surface area contributed by atoms with Crippen molar-refractivity contribution in [2.24, 2.45) is 0 Å². The summed E-state index contributed by atoms with van der Waals surface area (Å²) in [6.45, 7) is 1.72. The molecular formula is C9H16N2O. The Hall–Kier alpha value is -0.800. The number of aromatic nitrogens is 1. The van der Waals surface area contributed by atoms with Crippen LogP contribution in [-0.2, 0) is 11.2 Å². The van der Waals surface area contributed by atoms with Gasteiger partial charge in [-0.25, -0.2) is 0 Å². The van der Waals surface area contributed by atoms with Gasteiger partial charge < -0.3 is 9.72 Å². The van der Waals surface area contributed by atoms with Crippen molar-refractivity contribution in [1.82, 2.24) is 9.88 Å². The van der Waals surface area contributed by atoms with Crippen molar-refractivity contribution in [3.05, 3.63) is 24.0 Å². The van der Waals surface area contributed by atoms with Gasteiger partial charge in [-0.15, -0.1) is 0 Å². The summed E-state index contributed by atoms with van der Waals surface area (Å²) in [5.74, 6) is 0. The van der Waals surface area contributed by atoms with Gasteiger partial charge in [0, 0.05) is 32.0 Å². The van der Waals surface area contributed by atoms with Crippen LogP contribution in [0.5, 0.6) is 0 Å². The zero-order valence-electron chi connectivity index (χ0n) is 7.71. The number of rotatable bonds is 5. The Labute approximate surface area is 73.3 Å². The minimum absolute atomic E-state index is 0.695.